The molecule has 0 heterocycles. The Morgan fingerprint density at radius 2 is 1.73 bits per heavy atom. The number of amides is 1. The molecule has 0 aliphatic carbocycles. The van der Waals surface area contributed by atoms with Crippen molar-refractivity contribution in [2.45, 2.75) is 13.8 Å². The van der Waals surface area contributed by atoms with E-state index in [2.05, 4.69) is 5.32 Å². The highest BCUT2D eigenvalue weighted by molar-refractivity contribution is 6.31. The molecule has 0 aliphatic rings. The molecule has 2 aromatic carbocycles. The molecule has 5 nitrogen and oxygen atoms in total. The Morgan fingerprint density at radius 3 is 2.35 bits per heavy atom. The Hall–Kier alpha value is -2.66. The fourth-order valence-electron chi connectivity index (χ4n) is 2.50. The minimum absolute atomic E-state index is 0.277. The van der Waals surface area contributed by atoms with E-state index in [1.807, 2.05) is 26.0 Å². The fraction of sp³-hybridized carbons (Fsp3) is 0.250. The van der Waals surface area contributed by atoms with Crippen LogP contribution in [0.25, 0.3) is 5.57 Å². The molecular formula is C20H22ClNO4. The van der Waals surface area contributed by atoms with Crippen molar-refractivity contribution in [1.82, 2.24) is 0 Å². The molecule has 0 saturated heterocycles. The molecule has 0 saturated carbocycles. The van der Waals surface area contributed by atoms with Gasteiger partial charge in [-0.2, -0.15) is 0 Å². The van der Waals surface area contributed by atoms with E-state index in [1.54, 1.807) is 32.4 Å². The van der Waals surface area contributed by atoms with Crippen LogP contribution in [0.3, 0.4) is 0 Å². The molecule has 0 aliphatic heterocycles. The predicted molar refractivity (Wildman–Crippen MR) is 105 cm³/mol. The number of benzene rings is 2. The van der Waals surface area contributed by atoms with Gasteiger partial charge in [-0.3, -0.25) is 4.79 Å². The molecule has 2 aromatic rings. The van der Waals surface area contributed by atoms with Crippen molar-refractivity contribution in [3.05, 3.63) is 52.6 Å². The molecule has 1 amide bonds. The van der Waals surface area contributed by atoms with Gasteiger partial charge in [0.15, 0.2) is 0 Å². The van der Waals surface area contributed by atoms with Crippen molar-refractivity contribution >= 4 is 28.8 Å². The second-order valence-corrected chi connectivity index (χ2v) is 6.09. The van der Waals surface area contributed by atoms with E-state index in [9.17, 15) is 4.79 Å². The Morgan fingerprint density at radius 1 is 1.04 bits per heavy atom. The maximum Gasteiger partial charge on any atom is 0.248 e. The third kappa shape index (κ3) is 4.49. The number of aryl methyl sites for hydroxylation is 1. The summed E-state index contributed by atoms with van der Waals surface area (Å²) in [6.07, 6.45) is 1.51. The zero-order chi connectivity index (χ0) is 19.3. The summed E-state index contributed by atoms with van der Waals surface area (Å²) in [6, 6.07) is 8.89. The highest BCUT2D eigenvalue weighted by Crippen LogP contribution is 2.32. The monoisotopic (exact) mass is 375 g/mol. The first-order valence-corrected chi connectivity index (χ1v) is 8.33. The van der Waals surface area contributed by atoms with Gasteiger partial charge in [0.2, 0.25) is 5.91 Å². The minimum Gasteiger partial charge on any atom is -0.497 e. The summed E-state index contributed by atoms with van der Waals surface area (Å²) >= 11 is 6.09. The topological polar surface area (TPSA) is 56.8 Å². The molecule has 0 atom stereocenters. The Labute approximate surface area is 158 Å². The van der Waals surface area contributed by atoms with Crippen LogP contribution in [0, 0.1) is 6.92 Å². The maximum absolute atomic E-state index is 12.4. The molecule has 2 rings (SSSR count). The third-order valence-corrected chi connectivity index (χ3v) is 4.33. The highest BCUT2D eigenvalue weighted by Gasteiger charge is 2.11. The Balaban J connectivity index is 2.27. The van der Waals surface area contributed by atoms with Crippen LogP contribution in [-0.2, 0) is 4.79 Å². The number of halogens is 1. The lowest BCUT2D eigenvalue weighted by atomic mass is 10.1. The quantitative estimate of drug-likeness (QED) is 0.742. The van der Waals surface area contributed by atoms with Crippen LogP contribution < -0.4 is 19.5 Å². The molecule has 0 fully saturated rings. The number of hydrogen-bond donors (Lipinski definition) is 1. The number of allylic oxidation sites excluding steroid dienone is 1. The highest BCUT2D eigenvalue weighted by atomic mass is 35.5. The van der Waals surface area contributed by atoms with Gasteiger partial charge in [0.1, 0.15) is 17.2 Å². The number of hydrogen-bond acceptors (Lipinski definition) is 4. The SMILES string of the molecule is COc1ccc(/C(C)=C/C(=O)Nc2cc(C)c(Cl)cc2OC)c(OC)c1. The zero-order valence-corrected chi connectivity index (χ0v) is 16.2. The number of nitrogens with one attached hydrogen (secondary N) is 1. The number of carbonyl (C=O) groups excluding carboxylic acids is 1. The smallest absolute Gasteiger partial charge is 0.248 e. The van der Waals surface area contributed by atoms with Crippen LogP contribution in [0.4, 0.5) is 5.69 Å². The predicted octanol–water partition coefficient (Wildman–Crippen LogP) is 4.72. The fourth-order valence-corrected chi connectivity index (χ4v) is 2.65. The van der Waals surface area contributed by atoms with Crippen molar-refractivity contribution in [3.8, 4) is 17.2 Å². The van der Waals surface area contributed by atoms with Gasteiger partial charge < -0.3 is 19.5 Å². The summed E-state index contributed by atoms with van der Waals surface area (Å²) in [6.45, 7) is 3.70. The number of methoxy groups -OCH3 is 3. The first-order chi connectivity index (χ1) is 12.4. The van der Waals surface area contributed by atoms with Gasteiger partial charge in [0, 0.05) is 28.8 Å². The molecule has 138 valence electrons. The van der Waals surface area contributed by atoms with Crippen molar-refractivity contribution in [2.75, 3.05) is 26.6 Å². The van der Waals surface area contributed by atoms with Crippen LogP contribution in [0.1, 0.15) is 18.1 Å². The molecule has 0 bridgehead atoms. The van der Waals surface area contributed by atoms with Gasteiger partial charge in [-0.25, -0.2) is 0 Å². The standard InChI is InChI=1S/C20H22ClNO4/c1-12(15-7-6-14(24-3)10-18(15)25-4)9-20(23)22-17-8-13(2)16(21)11-19(17)26-5/h6-11H,1-5H3,(H,22,23)/b12-9+. The van der Waals surface area contributed by atoms with Crippen molar-refractivity contribution in [3.63, 3.8) is 0 Å². The zero-order valence-electron chi connectivity index (χ0n) is 15.5. The molecule has 6 heteroatoms. The molecule has 0 aromatic heterocycles. The molecule has 0 spiro atoms. The van der Waals surface area contributed by atoms with Crippen LogP contribution in [-0.4, -0.2) is 27.2 Å². The summed E-state index contributed by atoms with van der Waals surface area (Å²) in [4.78, 5) is 12.4. The van der Waals surface area contributed by atoms with Gasteiger partial charge in [0.25, 0.3) is 0 Å². The van der Waals surface area contributed by atoms with E-state index in [0.29, 0.717) is 28.0 Å². The Kier molecular flexibility index (Phi) is 6.52. The van der Waals surface area contributed by atoms with Gasteiger partial charge in [0.05, 0.1) is 27.0 Å². The van der Waals surface area contributed by atoms with Crippen LogP contribution in [0.2, 0.25) is 5.02 Å². The minimum atomic E-state index is -0.277. The lowest BCUT2D eigenvalue weighted by Crippen LogP contribution is -2.10. The van der Waals surface area contributed by atoms with Crippen molar-refractivity contribution < 1.29 is 19.0 Å². The third-order valence-electron chi connectivity index (χ3n) is 3.92. The van der Waals surface area contributed by atoms with Gasteiger partial charge in [-0.05, 0) is 43.2 Å². The summed E-state index contributed by atoms with van der Waals surface area (Å²) < 4.78 is 15.9. The molecule has 1 N–H and O–H groups in total. The number of anilines is 1. The van der Waals surface area contributed by atoms with E-state index in [0.717, 1.165) is 16.7 Å². The first kappa shape index (κ1) is 19.7. The van der Waals surface area contributed by atoms with Gasteiger partial charge >= 0.3 is 0 Å². The summed E-state index contributed by atoms with van der Waals surface area (Å²) in [5.74, 6) is 1.54. The largest absolute Gasteiger partial charge is 0.497 e. The molecule has 26 heavy (non-hydrogen) atoms. The van der Waals surface area contributed by atoms with Crippen LogP contribution >= 0.6 is 11.6 Å². The summed E-state index contributed by atoms with van der Waals surface area (Å²) in [5.41, 5.74) is 2.97. The van der Waals surface area contributed by atoms with E-state index in [4.69, 9.17) is 25.8 Å². The number of ether oxygens (including phenoxy) is 3. The average molecular weight is 376 g/mol. The Bertz CT molecular complexity index is 846. The lowest BCUT2D eigenvalue weighted by Gasteiger charge is -2.13. The summed E-state index contributed by atoms with van der Waals surface area (Å²) in [7, 11) is 4.69. The normalized spacial score (nSPS) is 11.1. The van der Waals surface area contributed by atoms with E-state index >= 15 is 0 Å². The lowest BCUT2D eigenvalue weighted by molar-refractivity contribution is -0.111. The second kappa shape index (κ2) is 8.63. The van der Waals surface area contributed by atoms with E-state index in [1.165, 1.54) is 13.2 Å². The number of rotatable bonds is 6. The summed E-state index contributed by atoms with van der Waals surface area (Å²) in [5, 5.41) is 3.40. The van der Waals surface area contributed by atoms with Crippen LogP contribution in [0.5, 0.6) is 17.2 Å². The van der Waals surface area contributed by atoms with E-state index < -0.39 is 0 Å². The van der Waals surface area contributed by atoms with Crippen molar-refractivity contribution in [1.29, 1.82) is 0 Å². The molecular weight excluding hydrogens is 354 g/mol. The average Bonchev–Trinajstić information content (AvgIpc) is 2.63. The maximum atomic E-state index is 12.4. The first-order valence-electron chi connectivity index (χ1n) is 7.95. The van der Waals surface area contributed by atoms with Crippen LogP contribution in [0.15, 0.2) is 36.4 Å². The van der Waals surface area contributed by atoms with E-state index in [-0.39, 0.29) is 5.91 Å². The molecule has 0 unspecified atom stereocenters. The van der Waals surface area contributed by atoms with Crippen molar-refractivity contribution in [2.24, 2.45) is 0 Å². The van der Waals surface area contributed by atoms with Gasteiger partial charge in [-0.1, -0.05) is 11.6 Å². The van der Waals surface area contributed by atoms with Gasteiger partial charge in [-0.15, -0.1) is 0 Å². The number of carbonyl (C=O) groups is 1. The molecule has 0 radical (unpaired) electrons. The second-order valence-electron chi connectivity index (χ2n) is 5.68.